The van der Waals surface area contributed by atoms with Gasteiger partial charge in [0.1, 0.15) is 11.8 Å². The molecule has 0 aliphatic carbocycles. The number of aromatic nitrogens is 1. The Morgan fingerprint density at radius 1 is 1.38 bits per heavy atom. The summed E-state index contributed by atoms with van der Waals surface area (Å²) in [6.45, 7) is 0. The van der Waals surface area contributed by atoms with Crippen LogP contribution in [0.1, 0.15) is 17.2 Å². The Balaban J connectivity index is 2.32. The van der Waals surface area contributed by atoms with Crippen LogP contribution < -0.4 is 4.80 Å². The number of nitrogens with zero attached hydrogens (tertiary/aromatic N) is 1. The molecule has 2 N–H and O–H groups in total. The third-order valence-corrected chi connectivity index (χ3v) is 5.40. The van der Waals surface area contributed by atoms with Gasteiger partial charge in [-0.3, -0.25) is 9.96 Å². The van der Waals surface area contributed by atoms with Crippen LogP contribution in [0, 0.1) is 5.41 Å². The standard InChI is InChI=1S/C12H9F5N2O3S2/c13-11(14)3-5-1-6(12(15,16)17)2-7-9(5)19(10(18)23-7)8(11)4-24(20,21)22/h1-2,8,18H,3-4H2,(H,20,21,22). The molecule has 1 unspecified atom stereocenters. The van der Waals surface area contributed by atoms with E-state index in [0.717, 1.165) is 6.07 Å². The van der Waals surface area contributed by atoms with E-state index in [2.05, 4.69) is 0 Å². The Bertz CT molecular complexity index is 991. The molecule has 132 valence electrons. The Morgan fingerprint density at radius 2 is 2.00 bits per heavy atom. The highest BCUT2D eigenvalue weighted by Crippen LogP contribution is 2.44. The van der Waals surface area contributed by atoms with Crippen LogP contribution in [0.15, 0.2) is 12.1 Å². The maximum absolute atomic E-state index is 14.3. The van der Waals surface area contributed by atoms with Gasteiger partial charge in [-0.2, -0.15) is 21.6 Å². The summed E-state index contributed by atoms with van der Waals surface area (Å²) < 4.78 is 99.0. The molecule has 0 bridgehead atoms. The van der Waals surface area contributed by atoms with Gasteiger partial charge in [0.25, 0.3) is 16.0 Å². The summed E-state index contributed by atoms with van der Waals surface area (Å²) in [5.74, 6) is -5.07. The van der Waals surface area contributed by atoms with Gasteiger partial charge in [0.05, 0.1) is 15.8 Å². The smallest absolute Gasteiger partial charge is 0.306 e. The summed E-state index contributed by atoms with van der Waals surface area (Å²) in [5, 5.41) is 7.76. The van der Waals surface area contributed by atoms with E-state index in [1.807, 2.05) is 0 Å². The molecule has 0 fully saturated rings. The van der Waals surface area contributed by atoms with Gasteiger partial charge in [-0.05, 0) is 17.7 Å². The predicted octanol–water partition coefficient (Wildman–Crippen LogP) is 2.82. The maximum atomic E-state index is 14.3. The summed E-state index contributed by atoms with van der Waals surface area (Å²) in [7, 11) is -4.78. The number of benzene rings is 1. The highest BCUT2D eigenvalue weighted by Gasteiger charge is 2.48. The molecule has 1 atom stereocenters. The molecule has 0 saturated heterocycles. The molecule has 5 nitrogen and oxygen atoms in total. The van der Waals surface area contributed by atoms with Gasteiger partial charge in [0, 0.05) is 6.42 Å². The third-order valence-electron chi connectivity index (χ3n) is 3.74. The van der Waals surface area contributed by atoms with E-state index in [4.69, 9.17) is 9.96 Å². The van der Waals surface area contributed by atoms with Crippen LogP contribution in [0.5, 0.6) is 0 Å². The van der Waals surface area contributed by atoms with Gasteiger partial charge in [-0.15, -0.1) is 0 Å². The minimum atomic E-state index is -4.78. The van der Waals surface area contributed by atoms with Crippen molar-refractivity contribution in [2.75, 3.05) is 5.75 Å². The van der Waals surface area contributed by atoms with Gasteiger partial charge in [-0.1, -0.05) is 11.3 Å². The second-order valence-electron chi connectivity index (χ2n) is 5.46. The van der Waals surface area contributed by atoms with Crippen molar-refractivity contribution in [3.8, 4) is 0 Å². The quantitative estimate of drug-likeness (QED) is 0.613. The van der Waals surface area contributed by atoms with Gasteiger partial charge >= 0.3 is 6.18 Å². The molecule has 1 aromatic carbocycles. The third kappa shape index (κ3) is 2.82. The van der Waals surface area contributed by atoms with E-state index in [0.29, 0.717) is 22.0 Å². The fraction of sp³-hybridized carbons (Fsp3) is 0.417. The fourth-order valence-corrected chi connectivity index (χ4v) is 4.65. The van der Waals surface area contributed by atoms with Crippen LogP contribution in [0.4, 0.5) is 22.0 Å². The molecule has 12 heteroatoms. The Morgan fingerprint density at radius 3 is 2.54 bits per heavy atom. The topological polar surface area (TPSA) is 83.2 Å². The minimum Gasteiger partial charge on any atom is -0.306 e. The van der Waals surface area contributed by atoms with Crippen LogP contribution in [-0.2, 0) is 22.7 Å². The number of hydrogen-bond acceptors (Lipinski definition) is 4. The van der Waals surface area contributed by atoms with Crippen molar-refractivity contribution >= 4 is 31.7 Å². The van der Waals surface area contributed by atoms with Crippen LogP contribution >= 0.6 is 11.3 Å². The van der Waals surface area contributed by atoms with E-state index in [1.165, 1.54) is 0 Å². The lowest BCUT2D eigenvalue weighted by molar-refractivity contribution is -0.137. The average Bonchev–Trinajstić information content (AvgIpc) is 2.68. The van der Waals surface area contributed by atoms with Gasteiger partial charge in [-0.25, -0.2) is 8.78 Å². The Kier molecular flexibility index (Phi) is 3.59. The number of nitrogens with one attached hydrogen (secondary N) is 1. The largest absolute Gasteiger partial charge is 0.416 e. The lowest BCUT2D eigenvalue weighted by Crippen LogP contribution is -2.43. The predicted molar refractivity (Wildman–Crippen MR) is 74.8 cm³/mol. The van der Waals surface area contributed by atoms with Crippen molar-refractivity contribution in [3.05, 3.63) is 28.1 Å². The van der Waals surface area contributed by atoms with E-state index in [1.54, 1.807) is 0 Å². The molecular formula is C12H9F5N2O3S2. The summed E-state index contributed by atoms with van der Waals surface area (Å²) in [4.78, 5) is -0.515. The SMILES string of the molecule is N=c1sc2cc(C(F)(F)F)cc3c2n1C(CS(=O)(=O)O)C(F)(F)C3. The first kappa shape index (κ1) is 17.3. The molecule has 0 saturated carbocycles. The summed E-state index contributed by atoms with van der Waals surface area (Å²) in [6, 6.07) is -0.729. The van der Waals surface area contributed by atoms with Crippen molar-refractivity contribution in [1.82, 2.24) is 4.57 Å². The lowest BCUT2D eigenvalue weighted by atomic mass is 9.94. The lowest BCUT2D eigenvalue weighted by Gasteiger charge is -2.32. The summed E-state index contributed by atoms with van der Waals surface area (Å²) in [6.07, 6.45) is -5.84. The second kappa shape index (κ2) is 4.99. The Hall–Kier alpha value is -1.53. The molecule has 1 aliphatic rings. The summed E-state index contributed by atoms with van der Waals surface area (Å²) in [5.41, 5.74) is -1.45. The first-order valence-corrected chi connectivity index (χ1v) is 8.85. The molecule has 2 heterocycles. The van der Waals surface area contributed by atoms with Gasteiger partial charge in [0.2, 0.25) is 0 Å². The van der Waals surface area contributed by atoms with Crippen molar-refractivity contribution in [1.29, 1.82) is 5.41 Å². The molecule has 1 aromatic heterocycles. The van der Waals surface area contributed by atoms with Crippen molar-refractivity contribution < 1.29 is 34.9 Å². The van der Waals surface area contributed by atoms with E-state index in [-0.39, 0.29) is 15.8 Å². The fourth-order valence-electron chi connectivity index (χ4n) is 2.82. The van der Waals surface area contributed by atoms with Crippen LogP contribution in [0.3, 0.4) is 0 Å². The molecule has 2 aromatic rings. The van der Waals surface area contributed by atoms with Crippen LogP contribution in [-0.4, -0.2) is 29.2 Å². The van der Waals surface area contributed by atoms with Gasteiger partial charge in [0.15, 0.2) is 4.80 Å². The molecule has 0 amide bonds. The molecule has 0 radical (unpaired) electrons. The normalized spacial score (nSPS) is 20.5. The minimum absolute atomic E-state index is 0.0300. The first-order valence-electron chi connectivity index (χ1n) is 6.42. The average molecular weight is 388 g/mol. The molecule has 24 heavy (non-hydrogen) atoms. The number of rotatable bonds is 2. The zero-order valence-corrected chi connectivity index (χ0v) is 13.2. The van der Waals surface area contributed by atoms with Crippen molar-refractivity contribution in [2.45, 2.75) is 24.6 Å². The second-order valence-corrected chi connectivity index (χ2v) is 7.99. The highest BCUT2D eigenvalue weighted by atomic mass is 32.2. The monoisotopic (exact) mass is 388 g/mol. The molecule has 1 aliphatic heterocycles. The van der Waals surface area contributed by atoms with Crippen LogP contribution in [0.2, 0.25) is 0 Å². The number of halogens is 5. The zero-order chi connectivity index (χ0) is 18.1. The highest BCUT2D eigenvalue weighted by molar-refractivity contribution is 7.85. The first-order chi connectivity index (χ1) is 10.8. The molecule has 0 spiro atoms. The Labute approximate surface area is 135 Å². The summed E-state index contributed by atoms with van der Waals surface area (Å²) >= 11 is 0.538. The van der Waals surface area contributed by atoms with Crippen molar-refractivity contribution in [2.24, 2.45) is 0 Å². The van der Waals surface area contributed by atoms with E-state index < -0.39 is 50.8 Å². The van der Waals surface area contributed by atoms with E-state index >= 15 is 0 Å². The zero-order valence-electron chi connectivity index (χ0n) is 11.6. The number of alkyl halides is 5. The van der Waals surface area contributed by atoms with Gasteiger partial charge < -0.3 is 4.57 Å². The number of hydrogen-bond donors (Lipinski definition) is 2. The molecule has 3 rings (SSSR count). The molecular weight excluding hydrogens is 379 g/mol. The van der Waals surface area contributed by atoms with Crippen molar-refractivity contribution in [3.63, 3.8) is 0 Å². The number of thiazole rings is 1. The van der Waals surface area contributed by atoms with Crippen LogP contribution in [0.25, 0.3) is 10.2 Å². The maximum Gasteiger partial charge on any atom is 0.416 e. The van der Waals surface area contributed by atoms with E-state index in [9.17, 15) is 30.4 Å².